The lowest BCUT2D eigenvalue weighted by atomic mass is 10.2. The van der Waals surface area contributed by atoms with E-state index in [9.17, 15) is 9.90 Å². The molecule has 0 radical (unpaired) electrons. The topological polar surface area (TPSA) is 62.0 Å². The Labute approximate surface area is 114 Å². The minimum Gasteiger partial charge on any atom is -0.508 e. The van der Waals surface area contributed by atoms with Crippen LogP contribution in [0.25, 0.3) is 6.08 Å². The van der Waals surface area contributed by atoms with Crippen LogP contribution >= 0.6 is 0 Å². The van der Waals surface area contributed by atoms with Gasteiger partial charge in [-0.1, -0.05) is 30.0 Å². The molecule has 3 rings (SSSR count). The molecule has 1 aliphatic rings. The predicted molar refractivity (Wildman–Crippen MR) is 73.4 cm³/mol. The monoisotopic (exact) mass is 262 g/mol. The Balaban J connectivity index is 2.07. The molecule has 0 bridgehead atoms. The fraction of sp³-hybridized carbons (Fsp3) is 0. The lowest BCUT2D eigenvalue weighted by molar-refractivity contribution is -0.114. The summed E-state index contributed by atoms with van der Waals surface area (Å²) in [5.74, 6) is -0.212. The molecule has 0 aromatic heterocycles. The van der Waals surface area contributed by atoms with E-state index in [1.54, 1.807) is 42.5 Å². The molecule has 1 amide bonds. The summed E-state index contributed by atoms with van der Waals surface area (Å²) in [4.78, 5) is 20.0. The molecule has 2 aromatic carbocycles. The predicted octanol–water partition coefficient (Wildman–Crippen LogP) is 1.37. The van der Waals surface area contributed by atoms with E-state index in [1.807, 2.05) is 12.1 Å². The van der Waals surface area contributed by atoms with Crippen LogP contribution in [0.2, 0.25) is 0 Å². The Morgan fingerprint density at radius 2 is 1.60 bits per heavy atom. The van der Waals surface area contributed by atoms with Gasteiger partial charge in [0.1, 0.15) is 5.75 Å². The maximum Gasteiger partial charge on any atom is 0.304 e. The number of carbonyl (C=O) groups is 1. The zero-order valence-electron chi connectivity index (χ0n) is 10.4. The van der Waals surface area contributed by atoms with E-state index in [0.29, 0.717) is 10.7 Å². The van der Waals surface area contributed by atoms with Gasteiger partial charge in [0.15, 0.2) is 5.70 Å². The summed E-state index contributed by atoms with van der Waals surface area (Å²) in [6.07, 6.45) is 1.64. The molecule has 0 unspecified atom stereocenters. The maximum absolute atomic E-state index is 11.8. The second-order valence-electron chi connectivity index (χ2n) is 4.25. The van der Waals surface area contributed by atoms with Gasteiger partial charge in [-0.25, -0.2) is 9.98 Å². The molecule has 0 fully saturated rings. The fourth-order valence-electron chi connectivity index (χ4n) is 1.80. The van der Waals surface area contributed by atoms with E-state index in [2.05, 4.69) is 15.7 Å². The number of carbonyl (C=O) groups excluding carboxylic acids is 1. The summed E-state index contributed by atoms with van der Waals surface area (Å²) in [6.45, 7) is 0. The van der Waals surface area contributed by atoms with E-state index in [0.717, 1.165) is 5.56 Å². The van der Waals surface area contributed by atoms with Gasteiger partial charge in [-0.2, -0.15) is 0 Å². The molecule has 0 saturated heterocycles. The Kier molecular flexibility index (Phi) is 2.99. The van der Waals surface area contributed by atoms with E-state index in [-0.39, 0.29) is 11.4 Å². The van der Waals surface area contributed by atoms with Crippen molar-refractivity contribution >= 4 is 12.0 Å². The van der Waals surface area contributed by atoms with Gasteiger partial charge in [0.2, 0.25) is 0 Å². The summed E-state index contributed by atoms with van der Waals surface area (Å²) in [6, 6.07) is 13.8. The number of hydrogen-bond acceptors (Lipinski definition) is 3. The molecule has 0 saturated carbocycles. The van der Waals surface area contributed by atoms with Crippen LogP contribution < -0.4 is 10.7 Å². The summed E-state index contributed by atoms with van der Waals surface area (Å²) in [5.41, 5.74) is 3.84. The fourth-order valence-corrected chi connectivity index (χ4v) is 1.80. The first kappa shape index (κ1) is 12.1. The van der Waals surface area contributed by atoms with Crippen molar-refractivity contribution in [2.24, 2.45) is 9.98 Å². The first-order valence-electron chi connectivity index (χ1n) is 6.05. The summed E-state index contributed by atoms with van der Waals surface area (Å²) < 4.78 is 0. The van der Waals surface area contributed by atoms with Crippen LogP contribution in [0.3, 0.4) is 0 Å². The Morgan fingerprint density at radius 1 is 0.950 bits per heavy atom. The zero-order valence-corrected chi connectivity index (χ0v) is 10.4. The van der Waals surface area contributed by atoms with Crippen molar-refractivity contribution in [3.8, 4) is 5.75 Å². The van der Waals surface area contributed by atoms with Crippen molar-refractivity contribution in [2.75, 3.05) is 0 Å². The molecule has 2 aromatic rings. The number of rotatable bonds is 1. The van der Waals surface area contributed by atoms with Gasteiger partial charge < -0.3 is 5.11 Å². The first-order chi connectivity index (χ1) is 9.72. The minimum absolute atomic E-state index is 0.178. The average molecular weight is 262 g/mol. The standard InChI is InChI=1S/C16H10N2O2/c19-12-8-5-11(6-9-12)7-10-15-16(20)18-14-4-2-1-3-13(14)17-15/h1-9,19H. The Hall–Kier alpha value is -2.97. The minimum atomic E-state index is -0.404. The molecule has 1 heterocycles. The van der Waals surface area contributed by atoms with Gasteiger partial charge in [-0.3, -0.25) is 4.79 Å². The number of benzene rings is 2. The molecular weight excluding hydrogens is 252 g/mol. The van der Waals surface area contributed by atoms with Gasteiger partial charge >= 0.3 is 5.91 Å². The van der Waals surface area contributed by atoms with Gasteiger partial charge in [0.05, 0.1) is 10.7 Å². The molecular formula is C16H10N2O2. The van der Waals surface area contributed by atoms with Crippen molar-refractivity contribution in [2.45, 2.75) is 0 Å². The molecule has 4 heteroatoms. The molecule has 1 N–H and O–H groups in total. The number of phenolic OH excluding ortho intramolecular Hbond substituents is 1. The van der Waals surface area contributed by atoms with Crippen LogP contribution in [0.4, 0.5) is 0 Å². The molecule has 1 aliphatic heterocycles. The number of phenols is 1. The van der Waals surface area contributed by atoms with Crippen LogP contribution in [-0.4, -0.2) is 11.0 Å². The van der Waals surface area contributed by atoms with E-state index >= 15 is 0 Å². The highest BCUT2D eigenvalue weighted by atomic mass is 16.3. The van der Waals surface area contributed by atoms with Crippen molar-refractivity contribution in [1.82, 2.24) is 0 Å². The van der Waals surface area contributed by atoms with E-state index in [1.165, 1.54) is 0 Å². The summed E-state index contributed by atoms with van der Waals surface area (Å²) in [7, 11) is 0. The summed E-state index contributed by atoms with van der Waals surface area (Å²) in [5, 5.41) is 10.4. The first-order valence-corrected chi connectivity index (χ1v) is 6.05. The van der Waals surface area contributed by atoms with Crippen LogP contribution in [-0.2, 0) is 4.79 Å². The Bertz CT molecular complexity index is 858. The van der Waals surface area contributed by atoms with Crippen molar-refractivity contribution in [1.29, 1.82) is 0 Å². The third-order valence-electron chi connectivity index (χ3n) is 2.81. The number of nitrogens with zero attached hydrogens (tertiary/aromatic N) is 2. The SMILES string of the molecule is O=C1N=c2ccccc2=NC1=C=Cc1ccc(O)cc1. The van der Waals surface area contributed by atoms with Gasteiger partial charge in [0.25, 0.3) is 0 Å². The molecule has 20 heavy (non-hydrogen) atoms. The van der Waals surface area contributed by atoms with Crippen LogP contribution in [0.1, 0.15) is 5.56 Å². The molecule has 0 spiro atoms. The average Bonchev–Trinajstić information content (AvgIpc) is 2.47. The molecule has 4 nitrogen and oxygen atoms in total. The lowest BCUT2D eigenvalue weighted by Gasteiger charge is -1.99. The highest BCUT2D eigenvalue weighted by Crippen LogP contribution is 2.11. The van der Waals surface area contributed by atoms with Crippen LogP contribution in [0.5, 0.6) is 5.75 Å². The second-order valence-corrected chi connectivity index (χ2v) is 4.25. The third kappa shape index (κ3) is 2.41. The Morgan fingerprint density at radius 3 is 2.30 bits per heavy atom. The van der Waals surface area contributed by atoms with Crippen LogP contribution in [0, 0.1) is 0 Å². The van der Waals surface area contributed by atoms with Gasteiger partial charge in [-0.15, -0.1) is 0 Å². The van der Waals surface area contributed by atoms with Crippen molar-refractivity contribution < 1.29 is 9.90 Å². The number of amides is 1. The second kappa shape index (κ2) is 4.96. The number of hydrogen-bond donors (Lipinski definition) is 1. The largest absolute Gasteiger partial charge is 0.508 e. The number of fused-ring (bicyclic) bond motifs is 1. The van der Waals surface area contributed by atoms with Crippen molar-refractivity contribution in [3.05, 3.63) is 76.2 Å². The summed E-state index contributed by atoms with van der Waals surface area (Å²) >= 11 is 0. The number of aromatic hydroxyl groups is 1. The highest BCUT2D eigenvalue weighted by Gasteiger charge is 2.10. The third-order valence-corrected chi connectivity index (χ3v) is 2.81. The molecule has 0 atom stereocenters. The lowest BCUT2D eigenvalue weighted by Crippen LogP contribution is -2.30. The van der Waals surface area contributed by atoms with Crippen LogP contribution in [0.15, 0.2) is 69.9 Å². The quantitative estimate of drug-likeness (QED) is 0.623. The molecule has 96 valence electrons. The van der Waals surface area contributed by atoms with Gasteiger partial charge in [0, 0.05) is 0 Å². The maximum atomic E-state index is 11.8. The van der Waals surface area contributed by atoms with Gasteiger partial charge in [-0.05, 0) is 35.9 Å². The zero-order chi connectivity index (χ0) is 13.9. The molecule has 0 aliphatic carbocycles. The number of para-hydroxylation sites is 2. The van der Waals surface area contributed by atoms with Crippen molar-refractivity contribution in [3.63, 3.8) is 0 Å². The normalized spacial score (nSPS) is 12.8. The van der Waals surface area contributed by atoms with E-state index < -0.39 is 5.91 Å². The van der Waals surface area contributed by atoms with E-state index in [4.69, 9.17) is 0 Å². The highest BCUT2D eigenvalue weighted by molar-refractivity contribution is 5.94. The smallest absolute Gasteiger partial charge is 0.304 e.